The number of hydrogen-bond acceptors (Lipinski definition) is 2. The Morgan fingerprint density at radius 2 is 2.10 bits per heavy atom. The summed E-state index contributed by atoms with van der Waals surface area (Å²) in [6.07, 6.45) is 7.72. The fourth-order valence-corrected chi connectivity index (χ4v) is 2.69. The van der Waals surface area contributed by atoms with E-state index in [9.17, 15) is 0 Å². The van der Waals surface area contributed by atoms with Gasteiger partial charge >= 0.3 is 0 Å². The highest BCUT2D eigenvalue weighted by Crippen LogP contribution is 2.40. The molecule has 0 radical (unpaired) electrons. The van der Waals surface area contributed by atoms with Crippen LogP contribution in [0.4, 0.5) is 0 Å². The van der Waals surface area contributed by atoms with Gasteiger partial charge in [-0.25, -0.2) is 0 Å². The second kappa shape index (κ2) is 6.23. The van der Waals surface area contributed by atoms with Crippen molar-refractivity contribution in [1.82, 2.24) is 15.1 Å². The molecule has 0 amide bonds. The highest BCUT2D eigenvalue weighted by molar-refractivity contribution is 5.25. The summed E-state index contributed by atoms with van der Waals surface area (Å²) in [5.41, 5.74) is 2.78. The molecule has 0 aliphatic heterocycles. The second-order valence-corrected chi connectivity index (χ2v) is 5.80. The summed E-state index contributed by atoms with van der Waals surface area (Å²) in [6.45, 7) is 4.19. The number of aryl methyl sites for hydroxylation is 2. The molecule has 1 atom stereocenters. The van der Waals surface area contributed by atoms with E-state index in [1.54, 1.807) is 0 Å². The van der Waals surface area contributed by atoms with E-state index in [2.05, 4.69) is 41.6 Å². The first-order valence-electron chi connectivity index (χ1n) is 7.60. The third kappa shape index (κ3) is 3.48. The van der Waals surface area contributed by atoms with Crippen LogP contribution in [0.25, 0.3) is 0 Å². The van der Waals surface area contributed by atoms with E-state index in [4.69, 9.17) is 0 Å². The first-order valence-corrected chi connectivity index (χ1v) is 7.60. The molecule has 1 aliphatic rings. The van der Waals surface area contributed by atoms with E-state index in [1.165, 1.54) is 24.0 Å². The molecular formula is C17H23N3. The van der Waals surface area contributed by atoms with Crippen molar-refractivity contribution in [3.63, 3.8) is 0 Å². The van der Waals surface area contributed by atoms with Gasteiger partial charge in [-0.15, -0.1) is 0 Å². The van der Waals surface area contributed by atoms with Crippen LogP contribution in [0.3, 0.4) is 0 Å². The molecule has 1 saturated carbocycles. The SMILES string of the molecule is Cc1ccc(C(NCCCn2cccn2)C2CC2)cc1. The molecule has 0 bridgehead atoms. The van der Waals surface area contributed by atoms with Gasteiger partial charge < -0.3 is 5.32 Å². The Morgan fingerprint density at radius 3 is 2.75 bits per heavy atom. The van der Waals surface area contributed by atoms with Gasteiger partial charge in [0.05, 0.1) is 0 Å². The molecule has 3 nitrogen and oxygen atoms in total. The van der Waals surface area contributed by atoms with Gasteiger partial charge in [0.25, 0.3) is 0 Å². The zero-order valence-corrected chi connectivity index (χ0v) is 12.1. The molecule has 106 valence electrons. The third-order valence-corrected chi connectivity index (χ3v) is 4.02. The van der Waals surface area contributed by atoms with Gasteiger partial charge in [-0.2, -0.15) is 5.10 Å². The maximum Gasteiger partial charge on any atom is 0.0489 e. The van der Waals surface area contributed by atoms with Crippen LogP contribution in [0.1, 0.15) is 36.4 Å². The minimum atomic E-state index is 0.535. The standard InChI is InChI=1S/C17H23N3/c1-14-4-6-15(7-5-14)17(16-8-9-16)18-10-2-12-20-13-3-11-19-20/h3-7,11,13,16-18H,2,8-10,12H2,1H3. The van der Waals surface area contributed by atoms with Gasteiger partial charge in [-0.1, -0.05) is 29.8 Å². The van der Waals surface area contributed by atoms with Crippen LogP contribution in [0, 0.1) is 12.8 Å². The van der Waals surface area contributed by atoms with Gasteiger partial charge in [-0.05, 0) is 50.3 Å². The Kier molecular flexibility index (Phi) is 4.16. The minimum absolute atomic E-state index is 0.535. The van der Waals surface area contributed by atoms with Crippen molar-refractivity contribution >= 4 is 0 Å². The summed E-state index contributed by atoms with van der Waals surface area (Å²) in [7, 11) is 0. The van der Waals surface area contributed by atoms with Gasteiger partial charge in [0.1, 0.15) is 0 Å². The number of nitrogens with zero attached hydrogens (tertiary/aromatic N) is 2. The quantitative estimate of drug-likeness (QED) is 0.781. The molecule has 1 aromatic carbocycles. The normalized spacial score (nSPS) is 16.2. The summed E-state index contributed by atoms with van der Waals surface area (Å²) in [6, 6.07) is 11.5. The first-order chi connectivity index (χ1) is 9.83. The van der Waals surface area contributed by atoms with E-state index >= 15 is 0 Å². The van der Waals surface area contributed by atoms with E-state index in [0.717, 1.165) is 25.4 Å². The zero-order chi connectivity index (χ0) is 13.8. The van der Waals surface area contributed by atoms with Gasteiger partial charge in [0.15, 0.2) is 0 Å². The maximum absolute atomic E-state index is 4.24. The smallest absolute Gasteiger partial charge is 0.0489 e. The maximum atomic E-state index is 4.24. The van der Waals surface area contributed by atoms with Crippen molar-refractivity contribution in [2.24, 2.45) is 5.92 Å². The Morgan fingerprint density at radius 1 is 1.30 bits per heavy atom. The molecule has 1 fully saturated rings. The van der Waals surface area contributed by atoms with Gasteiger partial charge in [-0.3, -0.25) is 4.68 Å². The average molecular weight is 269 g/mol. The van der Waals surface area contributed by atoms with Gasteiger partial charge in [0, 0.05) is 25.0 Å². The van der Waals surface area contributed by atoms with Crippen LogP contribution in [-0.4, -0.2) is 16.3 Å². The molecule has 0 saturated heterocycles. The molecule has 3 rings (SSSR count). The lowest BCUT2D eigenvalue weighted by atomic mass is 10.0. The Hall–Kier alpha value is -1.61. The molecule has 3 heteroatoms. The predicted molar refractivity (Wildman–Crippen MR) is 81.5 cm³/mol. The summed E-state index contributed by atoms with van der Waals surface area (Å²) < 4.78 is 2.00. The van der Waals surface area contributed by atoms with Crippen molar-refractivity contribution in [2.75, 3.05) is 6.54 Å². The van der Waals surface area contributed by atoms with E-state index in [0.29, 0.717) is 6.04 Å². The summed E-state index contributed by atoms with van der Waals surface area (Å²) in [4.78, 5) is 0. The van der Waals surface area contributed by atoms with Crippen molar-refractivity contribution in [3.8, 4) is 0 Å². The average Bonchev–Trinajstić information content (AvgIpc) is 3.16. The molecule has 1 N–H and O–H groups in total. The Bertz CT molecular complexity index is 512. The Labute approximate surface area is 121 Å². The summed E-state index contributed by atoms with van der Waals surface area (Å²) in [5.74, 6) is 0.836. The number of hydrogen-bond donors (Lipinski definition) is 1. The van der Waals surface area contributed by atoms with Crippen LogP contribution in [0.5, 0.6) is 0 Å². The number of benzene rings is 1. The first kappa shape index (κ1) is 13.4. The largest absolute Gasteiger partial charge is 0.310 e. The second-order valence-electron chi connectivity index (χ2n) is 5.80. The molecule has 1 heterocycles. The van der Waals surface area contributed by atoms with Crippen molar-refractivity contribution in [2.45, 2.75) is 38.8 Å². The topological polar surface area (TPSA) is 29.9 Å². The summed E-state index contributed by atoms with van der Waals surface area (Å²) in [5, 5.41) is 7.98. The number of nitrogens with one attached hydrogen (secondary N) is 1. The molecule has 0 spiro atoms. The lowest BCUT2D eigenvalue weighted by Crippen LogP contribution is -2.25. The van der Waals surface area contributed by atoms with Crippen LogP contribution in [-0.2, 0) is 6.54 Å². The van der Waals surface area contributed by atoms with Gasteiger partial charge in [0.2, 0.25) is 0 Å². The summed E-state index contributed by atoms with van der Waals surface area (Å²) >= 11 is 0. The molecule has 2 aromatic rings. The minimum Gasteiger partial charge on any atom is -0.310 e. The molecule has 1 aliphatic carbocycles. The van der Waals surface area contributed by atoms with E-state index in [-0.39, 0.29) is 0 Å². The predicted octanol–water partition coefficient (Wildman–Crippen LogP) is 3.32. The highest BCUT2D eigenvalue weighted by atomic mass is 15.3. The van der Waals surface area contributed by atoms with E-state index in [1.807, 2.05) is 23.1 Å². The lowest BCUT2D eigenvalue weighted by molar-refractivity contribution is 0.454. The third-order valence-electron chi connectivity index (χ3n) is 4.02. The molecule has 20 heavy (non-hydrogen) atoms. The molecule has 1 unspecified atom stereocenters. The van der Waals surface area contributed by atoms with Crippen LogP contribution >= 0.6 is 0 Å². The van der Waals surface area contributed by atoms with Crippen LogP contribution in [0.15, 0.2) is 42.7 Å². The lowest BCUT2D eigenvalue weighted by Gasteiger charge is -2.19. The van der Waals surface area contributed by atoms with Crippen molar-refractivity contribution in [3.05, 3.63) is 53.9 Å². The number of rotatable bonds is 7. The van der Waals surface area contributed by atoms with Crippen molar-refractivity contribution in [1.29, 1.82) is 0 Å². The number of aromatic nitrogens is 2. The van der Waals surface area contributed by atoms with Crippen molar-refractivity contribution < 1.29 is 0 Å². The molecule has 1 aromatic heterocycles. The fourth-order valence-electron chi connectivity index (χ4n) is 2.69. The highest BCUT2D eigenvalue weighted by Gasteiger charge is 2.31. The van der Waals surface area contributed by atoms with E-state index < -0.39 is 0 Å². The monoisotopic (exact) mass is 269 g/mol. The zero-order valence-electron chi connectivity index (χ0n) is 12.1. The molecular weight excluding hydrogens is 246 g/mol. The fraction of sp³-hybridized carbons (Fsp3) is 0.471. The Balaban J connectivity index is 1.51. The van der Waals surface area contributed by atoms with Crippen LogP contribution < -0.4 is 5.32 Å². The van der Waals surface area contributed by atoms with Crippen LogP contribution in [0.2, 0.25) is 0 Å².